The molecule has 0 bridgehead atoms. The number of hydrogen-bond donors (Lipinski definition) is 1. The van der Waals surface area contributed by atoms with Crippen LogP contribution in [0.5, 0.6) is 0 Å². The lowest BCUT2D eigenvalue weighted by molar-refractivity contribution is -0.0282. The second-order valence-electron chi connectivity index (χ2n) is 4.86. The molecule has 1 saturated carbocycles. The van der Waals surface area contributed by atoms with E-state index >= 15 is 0 Å². The van der Waals surface area contributed by atoms with Crippen LogP contribution >= 0.6 is 0 Å². The number of likely N-dealkylation sites (N-methyl/N-ethyl adjacent to an activating group) is 2. The molecule has 0 aromatic heterocycles. The van der Waals surface area contributed by atoms with Crippen LogP contribution in [0.3, 0.4) is 0 Å². The summed E-state index contributed by atoms with van der Waals surface area (Å²) in [7, 11) is 2.22. The molecule has 0 spiro atoms. The lowest BCUT2D eigenvalue weighted by Gasteiger charge is -2.35. The molecular formula is C13H28N2O. The molecule has 0 radical (unpaired) electrons. The SMILES string of the molecule is CCNCCN(C)CCC1CC(OCC)C1. The first-order valence-corrected chi connectivity index (χ1v) is 6.77. The highest BCUT2D eigenvalue weighted by Crippen LogP contribution is 2.32. The van der Waals surface area contributed by atoms with E-state index in [2.05, 4.69) is 31.1 Å². The monoisotopic (exact) mass is 228 g/mol. The molecule has 0 aliphatic heterocycles. The normalized spacial score (nSPS) is 24.8. The van der Waals surface area contributed by atoms with Crippen LogP contribution in [0, 0.1) is 5.92 Å². The maximum Gasteiger partial charge on any atom is 0.0580 e. The van der Waals surface area contributed by atoms with Gasteiger partial charge < -0.3 is 15.0 Å². The fourth-order valence-electron chi connectivity index (χ4n) is 2.24. The topological polar surface area (TPSA) is 24.5 Å². The summed E-state index contributed by atoms with van der Waals surface area (Å²) in [4.78, 5) is 2.43. The van der Waals surface area contributed by atoms with Gasteiger partial charge in [0.2, 0.25) is 0 Å². The number of hydrogen-bond acceptors (Lipinski definition) is 3. The predicted octanol–water partition coefficient (Wildman–Crippen LogP) is 1.73. The second-order valence-corrected chi connectivity index (χ2v) is 4.86. The fraction of sp³-hybridized carbons (Fsp3) is 1.00. The van der Waals surface area contributed by atoms with Crippen molar-refractivity contribution >= 4 is 0 Å². The largest absolute Gasteiger partial charge is 0.378 e. The molecule has 96 valence electrons. The first-order chi connectivity index (χ1) is 7.76. The number of ether oxygens (including phenoxy) is 1. The van der Waals surface area contributed by atoms with Gasteiger partial charge in [0.05, 0.1) is 6.10 Å². The molecule has 3 nitrogen and oxygen atoms in total. The van der Waals surface area contributed by atoms with Crippen LogP contribution in [0.25, 0.3) is 0 Å². The van der Waals surface area contributed by atoms with E-state index in [1.54, 1.807) is 0 Å². The van der Waals surface area contributed by atoms with Crippen LogP contribution < -0.4 is 5.32 Å². The van der Waals surface area contributed by atoms with Crippen LogP contribution in [0.1, 0.15) is 33.1 Å². The first-order valence-electron chi connectivity index (χ1n) is 6.77. The Bertz CT molecular complexity index is 165. The molecule has 16 heavy (non-hydrogen) atoms. The van der Waals surface area contributed by atoms with Gasteiger partial charge in [-0.3, -0.25) is 0 Å². The Morgan fingerprint density at radius 1 is 1.25 bits per heavy atom. The summed E-state index contributed by atoms with van der Waals surface area (Å²) in [5.41, 5.74) is 0. The van der Waals surface area contributed by atoms with E-state index in [0.29, 0.717) is 6.10 Å². The molecule has 0 atom stereocenters. The van der Waals surface area contributed by atoms with Gasteiger partial charge in [-0.25, -0.2) is 0 Å². The third-order valence-electron chi connectivity index (χ3n) is 3.43. The maximum atomic E-state index is 5.57. The van der Waals surface area contributed by atoms with E-state index < -0.39 is 0 Å². The molecule has 1 aliphatic carbocycles. The maximum absolute atomic E-state index is 5.57. The summed E-state index contributed by atoms with van der Waals surface area (Å²) in [5.74, 6) is 0.915. The van der Waals surface area contributed by atoms with Crippen molar-refractivity contribution < 1.29 is 4.74 Å². The first kappa shape index (κ1) is 13.9. The van der Waals surface area contributed by atoms with Gasteiger partial charge in [0.25, 0.3) is 0 Å². The smallest absolute Gasteiger partial charge is 0.0580 e. The third-order valence-corrected chi connectivity index (χ3v) is 3.43. The van der Waals surface area contributed by atoms with Gasteiger partial charge in [0.15, 0.2) is 0 Å². The minimum absolute atomic E-state index is 0.571. The molecule has 0 amide bonds. The highest BCUT2D eigenvalue weighted by atomic mass is 16.5. The Labute approximate surface area is 101 Å². The molecule has 0 aromatic carbocycles. The Morgan fingerprint density at radius 2 is 2.00 bits per heavy atom. The summed E-state index contributed by atoms with van der Waals surface area (Å²) in [6.07, 6.45) is 4.48. The average Bonchev–Trinajstić information content (AvgIpc) is 2.21. The summed E-state index contributed by atoms with van der Waals surface area (Å²) in [6, 6.07) is 0. The standard InChI is InChI=1S/C13H28N2O/c1-4-14-7-9-15(3)8-6-12-10-13(11-12)16-5-2/h12-14H,4-11H2,1-3H3. The van der Waals surface area contributed by atoms with Gasteiger partial charge in [-0.05, 0) is 52.2 Å². The quantitative estimate of drug-likeness (QED) is 0.608. The zero-order valence-corrected chi connectivity index (χ0v) is 11.2. The summed E-state index contributed by atoms with van der Waals surface area (Å²) in [6.45, 7) is 9.69. The van der Waals surface area contributed by atoms with Crippen molar-refractivity contribution in [2.75, 3.05) is 39.8 Å². The minimum Gasteiger partial charge on any atom is -0.378 e. The molecule has 1 aliphatic rings. The van der Waals surface area contributed by atoms with Crippen LogP contribution in [0.2, 0.25) is 0 Å². The third kappa shape index (κ3) is 5.28. The Morgan fingerprint density at radius 3 is 2.62 bits per heavy atom. The van der Waals surface area contributed by atoms with E-state index in [1.807, 2.05) is 0 Å². The predicted molar refractivity (Wildman–Crippen MR) is 68.8 cm³/mol. The molecular weight excluding hydrogens is 200 g/mol. The van der Waals surface area contributed by atoms with E-state index in [0.717, 1.165) is 32.2 Å². The minimum atomic E-state index is 0.571. The van der Waals surface area contributed by atoms with Gasteiger partial charge in [-0.2, -0.15) is 0 Å². The number of rotatable bonds is 9. The lowest BCUT2D eigenvalue weighted by atomic mass is 9.80. The zero-order chi connectivity index (χ0) is 11.8. The van der Waals surface area contributed by atoms with Crippen LogP contribution in [-0.2, 0) is 4.74 Å². The molecule has 1 rings (SSSR count). The van der Waals surface area contributed by atoms with Crippen molar-refractivity contribution in [2.24, 2.45) is 5.92 Å². The Hall–Kier alpha value is -0.120. The summed E-state index contributed by atoms with van der Waals surface area (Å²) in [5, 5.41) is 3.36. The lowest BCUT2D eigenvalue weighted by Crippen LogP contribution is -2.35. The summed E-state index contributed by atoms with van der Waals surface area (Å²) < 4.78 is 5.57. The Kier molecular flexibility index (Phi) is 7.01. The molecule has 0 unspecified atom stereocenters. The van der Waals surface area contributed by atoms with E-state index in [9.17, 15) is 0 Å². The highest BCUT2D eigenvalue weighted by Gasteiger charge is 2.28. The number of nitrogens with one attached hydrogen (secondary N) is 1. The van der Waals surface area contributed by atoms with Crippen molar-refractivity contribution in [3.8, 4) is 0 Å². The van der Waals surface area contributed by atoms with Crippen LogP contribution in [0.15, 0.2) is 0 Å². The van der Waals surface area contributed by atoms with Crippen molar-refractivity contribution in [1.29, 1.82) is 0 Å². The van der Waals surface area contributed by atoms with Gasteiger partial charge in [-0.15, -0.1) is 0 Å². The average molecular weight is 228 g/mol. The molecule has 0 saturated heterocycles. The molecule has 1 fully saturated rings. The van der Waals surface area contributed by atoms with Gasteiger partial charge >= 0.3 is 0 Å². The van der Waals surface area contributed by atoms with Gasteiger partial charge in [0, 0.05) is 19.7 Å². The molecule has 1 N–H and O–H groups in total. The second kappa shape index (κ2) is 8.04. The van der Waals surface area contributed by atoms with E-state index in [1.165, 1.54) is 25.8 Å². The van der Waals surface area contributed by atoms with Crippen molar-refractivity contribution in [3.63, 3.8) is 0 Å². The van der Waals surface area contributed by atoms with Crippen molar-refractivity contribution in [2.45, 2.75) is 39.2 Å². The fourth-order valence-corrected chi connectivity index (χ4v) is 2.24. The summed E-state index contributed by atoms with van der Waals surface area (Å²) >= 11 is 0. The molecule has 0 heterocycles. The van der Waals surface area contributed by atoms with Gasteiger partial charge in [0.1, 0.15) is 0 Å². The van der Waals surface area contributed by atoms with Crippen molar-refractivity contribution in [3.05, 3.63) is 0 Å². The van der Waals surface area contributed by atoms with Crippen molar-refractivity contribution in [1.82, 2.24) is 10.2 Å². The van der Waals surface area contributed by atoms with Crippen LogP contribution in [0.4, 0.5) is 0 Å². The van der Waals surface area contributed by atoms with Crippen LogP contribution in [-0.4, -0.2) is 50.8 Å². The van der Waals surface area contributed by atoms with E-state index in [-0.39, 0.29) is 0 Å². The highest BCUT2D eigenvalue weighted by molar-refractivity contribution is 4.80. The Balaban J connectivity index is 1.91. The van der Waals surface area contributed by atoms with E-state index in [4.69, 9.17) is 4.74 Å². The molecule has 3 heteroatoms. The number of nitrogens with zero attached hydrogens (tertiary/aromatic N) is 1. The zero-order valence-electron chi connectivity index (χ0n) is 11.2. The molecule has 0 aromatic rings. The van der Waals surface area contributed by atoms with Gasteiger partial charge in [-0.1, -0.05) is 6.92 Å².